The van der Waals surface area contributed by atoms with Gasteiger partial charge in [0.05, 0.1) is 11.5 Å². The van der Waals surface area contributed by atoms with E-state index in [0.717, 1.165) is 0 Å². The summed E-state index contributed by atoms with van der Waals surface area (Å²) in [6.45, 7) is 1.40. The summed E-state index contributed by atoms with van der Waals surface area (Å²) < 4.78 is 1.51. The van der Waals surface area contributed by atoms with Gasteiger partial charge in [-0.2, -0.15) is 4.57 Å². The number of para-hydroxylation sites is 1. The quantitative estimate of drug-likeness (QED) is 0.158. The van der Waals surface area contributed by atoms with E-state index >= 15 is 0 Å². The van der Waals surface area contributed by atoms with Crippen molar-refractivity contribution in [1.29, 1.82) is 0 Å². The predicted octanol–water partition coefficient (Wildman–Crippen LogP) is 2.81. The second-order valence-corrected chi connectivity index (χ2v) is 6.94. The topological polar surface area (TPSA) is 102 Å². The summed E-state index contributed by atoms with van der Waals surface area (Å²) in [5, 5.41) is 37.2. The predicted molar refractivity (Wildman–Crippen MR) is 116 cm³/mol. The summed E-state index contributed by atoms with van der Waals surface area (Å²) >= 11 is 5.52. The zero-order valence-corrected chi connectivity index (χ0v) is 16.9. The molecule has 0 aliphatic carbocycles. The van der Waals surface area contributed by atoms with Crippen molar-refractivity contribution in [3.63, 3.8) is 0 Å². The summed E-state index contributed by atoms with van der Waals surface area (Å²) in [4.78, 5) is 10.9. The highest BCUT2D eigenvalue weighted by molar-refractivity contribution is 7.81. The minimum atomic E-state index is -0.522. The standard InChI is InChI=1S/C22H19N3O4S/c1-15-9-10-17(12-19(15)25(28)29)21(27)20(24-11-5-6-16(13-24)14-26)22(30)23-18-7-3-2-4-8-18/h2-13,26H,14H2,1H3,(H-,23,27,30). The number of nitrogens with one attached hydrogen (secondary N) is 1. The first-order chi connectivity index (χ1) is 14.4. The largest absolute Gasteiger partial charge is 0.867 e. The first kappa shape index (κ1) is 21.1. The molecular weight excluding hydrogens is 402 g/mol. The van der Waals surface area contributed by atoms with Crippen LogP contribution in [0.1, 0.15) is 16.7 Å². The molecule has 3 rings (SSSR count). The number of nitro groups is 1. The molecule has 152 valence electrons. The van der Waals surface area contributed by atoms with E-state index in [-0.39, 0.29) is 28.5 Å². The monoisotopic (exact) mass is 421 g/mol. The van der Waals surface area contributed by atoms with Crippen LogP contribution in [0.15, 0.2) is 73.1 Å². The van der Waals surface area contributed by atoms with E-state index in [0.29, 0.717) is 16.8 Å². The maximum Gasteiger partial charge on any atom is 0.272 e. The lowest BCUT2D eigenvalue weighted by atomic mass is 10.1. The molecule has 2 aromatic carbocycles. The van der Waals surface area contributed by atoms with E-state index in [1.54, 1.807) is 43.6 Å². The molecule has 0 saturated heterocycles. The Hall–Kier alpha value is -3.62. The number of rotatable bonds is 6. The SMILES string of the molecule is Cc1ccc(/C([O-])=C(/C(=S)Nc2ccccc2)[n+]2cccc(CO)c2)cc1[N+](=O)[O-]. The van der Waals surface area contributed by atoms with Crippen molar-refractivity contribution in [2.45, 2.75) is 13.5 Å². The van der Waals surface area contributed by atoms with Gasteiger partial charge >= 0.3 is 0 Å². The molecule has 0 fully saturated rings. The molecular formula is C22H19N3O4S. The summed E-state index contributed by atoms with van der Waals surface area (Å²) in [7, 11) is 0. The lowest BCUT2D eigenvalue weighted by molar-refractivity contribution is -0.578. The molecule has 0 aliphatic rings. The highest BCUT2D eigenvalue weighted by Gasteiger charge is 2.21. The van der Waals surface area contributed by atoms with Crippen molar-refractivity contribution in [1.82, 2.24) is 0 Å². The van der Waals surface area contributed by atoms with E-state index in [2.05, 4.69) is 5.32 Å². The van der Waals surface area contributed by atoms with Crippen LogP contribution >= 0.6 is 12.2 Å². The van der Waals surface area contributed by atoms with Crippen LogP contribution in [0.4, 0.5) is 11.4 Å². The van der Waals surface area contributed by atoms with Crippen LogP contribution in [-0.4, -0.2) is 15.0 Å². The summed E-state index contributed by atoms with van der Waals surface area (Å²) in [5.41, 5.74) is 1.85. The second kappa shape index (κ2) is 9.25. The summed E-state index contributed by atoms with van der Waals surface area (Å²) in [5.74, 6) is -0.480. The Bertz CT molecular complexity index is 1130. The lowest BCUT2D eigenvalue weighted by Gasteiger charge is -2.17. The Morgan fingerprint density at radius 1 is 1.17 bits per heavy atom. The van der Waals surface area contributed by atoms with E-state index < -0.39 is 10.7 Å². The number of hydrogen-bond acceptors (Lipinski definition) is 5. The number of nitrogens with zero attached hydrogens (tertiary/aromatic N) is 2. The molecule has 0 amide bonds. The number of anilines is 1. The molecule has 1 heterocycles. The summed E-state index contributed by atoms with van der Waals surface area (Å²) in [6.07, 6.45) is 3.22. The fourth-order valence-electron chi connectivity index (χ4n) is 2.89. The van der Waals surface area contributed by atoms with Gasteiger partial charge in [-0.3, -0.25) is 10.1 Å². The highest BCUT2D eigenvalue weighted by atomic mass is 32.1. The van der Waals surface area contributed by atoms with Gasteiger partial charge in [-0.15, -0.1) is 0 Å². The molecule has 0 bridgehead atoms. The normalized spacial score (nSPS) is 11.5. The number of aryl methyl sites for hydroxylation is 1. The molecule has 2 N–H and O–H groups in total. The van der Waals surface area contributed by atoms with Crippen molar-refractivity contribution in [2.75, 3.05) is 5.32 Å². The van der Waals surface area contributed by atoms with E-state index in [4.69, 9.17) is 12.2 Å². The molecule has 30 heavy (non-hydrogen) atoms. The number of aliphatic hydroxyl groups is 1. The third-order valence-corrected chi connectivity index (χ3v) is 4.73. The van der Waals surface area contributed by atoms with Crippen molar-refractivity contribution in [2.24, 2.45) is 0 Å². The van der Waals surface area contributed by atoms with Crippen molar-refractivity contribution in [3.8, 4) is 0 Å². The van der Waals surface area contributed by atoms with Crippen LogP contribution in [0.5, 0.6) is 0 Å². The van der Waals surface area contributed by atoms with Gasteiger partial charge in [0.25, 0.3) is 5.69 Å². The number of hydrogen-bond donors (Lipinski definition) is 2. The van der Waals surface area contributed by atoms with Crippen LogP contribution in [0, 0.1) is 17.0 Å². The number of nitro benzene ring substituents is 1. The maximum atomic E-state index is 13.4. The van der Waals surface area contributed by atoms with Gasteiger partial charge < -0.3 is 15.5 Å². The van der Waals surface area contributed by atoms with Crippen molar-refractivity contribution >= 4 is 40.0 Å². The average Bonchev–Trinajstić information content (AvgIpc) is 2.74. The van der Waals surface area contributed by atoms with Crippen LogP contribution < -0.4 is 15.0 Å². The van der Waals surface area contributed by atoms with Gasteiger partial charge in [-0.25, -0.2) is 0 Å². The highest BCUT2D eigenvalue weighted by Crippen LogP contribution is 2.24. The second-order valence-electron chi connectivity index (χ2n) is 6.53. The molecule has 3 aromatic rings. The minimum absolute atomic E-state index is 0.113. The van der Waals surface area contributed by atoms with Crippen LogP contribution in [0.3, 0.4) is 0 Å². The number of pyridine rings is 1. The number of aromatic nitrogens is 1. The van der Waals surface area contributed by atoms with Gasteiger partial charge in [0.2, 0.25) is 5.70 Å². The van der Waals surface area contributed by atoms with Gasteiger partial charge in [-0.1, -0.05) is 42.5 Å². The smallest absolute Gasteiger partial charge is 0.272 e. The Morgan fingerprint density at radius 3 is 2.57 bits per heavy atom. The summed E-state index contributed by atoms with van der Waals surface area (Å²) in [6, 6.07) is 16.8. The molecule has 0 atom stereocenters. The molecule has 0 saturated carbocycles. The third kappa shape index (κ3) is 4.68. The number of benzene rings is 2. The minimum Gasteiger partial charge on any atom is -0.867 e. The fourth-order valence-corrected chi connectivity index (χ4v) is 3.21. The van der Waals surface area contributed by atoms with Crippen LogP contribution in [0.25, 0.3) is 11.5 Å². The first-order valence-electron chi connectivity index (χ1n) is 9.05. The van der Waals surface area contributed by atoms with E-state index in [1.165, 1.54) is 22.8 Å². The Kier molecular flexibility index (Phi) is 6.51. The Morgan fingerprint density at radius 2 is 1.90 bits per heavy atom. The van der Waals surface area contributed by atoms with Crippen molar-refractivity contribution < 1.29 is 19.7 Å². The number of thiocarbonyl (C=S) groups is 1. The molecule has 0 radical (unpaired) electrons. The third-order valence-electron chi connectivity index (χ3n) is 4.43. The van der Waals surface area contributed by atoms with Crippen LogP contribution in [-0.2, 0) is 6.61 Å². The maximum absolute atomic E-state index is 13.4. The van der Waals surface area contributed by atoms with Gasteiger partial charge in [-0.05, 0) is 36.4 Å². The van der Waals surface area contributed by atoms with Gasteiger partial charge in [0.15, 0.2) is 17.4 Å². The van der Waals surface area contributed by atoms with E-state index in [1.807, 2.05) is 18.2 Å². The molecule has 0 unspecified atom stereocenters. The van der Waals surface area contributed by atoms with Crippen molar-refractivity contribution in [3.05, 3.63) is 99.9 Å². The average molecular weight is 421 g/mol. The Balaban J connectivity index is 2.15. The van der Waals surface area contributed by atoms with E-state index in [9.17, 15) is 20.3 Å². The fraction of sp³-hybridized carbons (Fsp3) is 0.0909. The zero-order chi connectivity index (χ0) is 21.7. The van der Waals surface area contributed by atoms with Gasteiger partial charge in [0, 0.05) is 28.9 Å². The molecule has 8 heteroatoms. The number of aliphatic hydroxyl groups excluding tert-OH is 1. The molecule has 0 aliphatic heterocycles. The van der Waals surface area contributed by atoms with Crippen LogP contribution in [0.2, 0.25) is 0 Å². The molecule has 1 aromatic heterocycles. The molecule has 0 spiro atoms. The van der Waals surface area contributed by atoms with Gasteiger partial charge in [0.1, 0.15) is 0 Å². The zero-order valence-electron chi connectivity index (χ0n) is 16.1. The first-order valence-corrected chi connectivity index (χ1v) is 9.46. The lowest BCUT2D eigenvalue weighted by Crippen LogP contribution is -2.40. The Labute approximate surface area is 178 Å². The molecule has 7 nitrogen and oxygen atoms in total.